The third kappa shape index (κ3) is 5.81. The monoisotopic (exact) mass is 416 g/mol. The van der Waals surface area contributed by atoms with Gasteiger partial charge in [-0.15, -0.1) is 0 Å². The molecule has 0 heterocycles. The van der Waals surface area contributed by atoms with Crippen molar-refractivity contribution < 1.29 is 9.47 Å². The van der Waals surface area contributed by atoms with Gasteiger partial charge in [-0.2, -0.15) is 0 Å². The highest BCUT2D eigenvalue weighted by atomic mass is 16.5. The molecule has 2 unspecified atom stereocenters. The average Bonchev–Trinajstić information content (AvgIpc) is 2.83. The maximum Gasteiger partial charge on any atom is 0.119 e. The van der Waals surface area contributed by atoms with E-state index in [1.54, 1.807) is 0 Å². The first-order valence-corrected chi connectivity index (χ1v) is 11.9. The molecule has 0 saturated heterocycles. The van der Waals surface area contributed by atoms with Crippen LogP contribution >= 0.6 is 0 Å². The van der Waals surface area contributed by atoms with Crippen molar-refractivity contribution in [1.82, 2.24) is 0 Å². The van der Waals surface area contributed by atoms with Gasteiger partial charge in [0.2, 0.25) is 0 Å². The minimum absolute atomic E-state index is 0.0701. The SMILES string of the molecule is CC(C)(c1ccc(OCC2CC=CCC2)cc1)c1ccc(OCC2CC=CCC2)cc1. The van der Waals surface area contributed by atoms with Crippen molar-refractivity contribution >= 4 is 0 Å². The van der Waals surface area contributed by atoms with Gasteiger partial charge in [-0.25, -0.2) is 0 Å². The summed E-state index contributed by atoms with van der Waals surface area (Å²) in [5, 5.41) is 0. The maximum absolute atomic E-state index is 6.06. The molecule has 2 nitrogen and oxygen atoms in total. The van der Waals surface area contributed by atoms with Crippen molar-refractivity contribution in [2.75, 3.05) is 13.2 Å². The van der Waals surface area contributed by atoms with Crippen LogP contribution in [0.1, 0.15) is 63.5 Å². The largest absolute Gasteiger partial charge is 0.493 e. The Kier molecular flexibility index (Phi) is 7.17. The van der Waals surface area contributed by atoms with Crippen LogP contribution in [0.2, 0.25) is 0 Å². The van der Waals surface area contributed by atoms with Crippen molar-refractivity contribution in [1.29, 1.82) is 0 Å². The van der Waals surface area contributed by atoms with Gasteiger partial charge in [-0.05, 0) is 85.8 Å². The molecule has 2 heteroatoms. The highest BCUT2D eigenvalue weighted by molar-refractivity contribution is 5.41. The van der Waals surface area contributed by atoms with Crippen molar-refractivity contribution in [3.8, 4) is 11.5 Å². The summed E-state index contributed by atoms with van der Waals surface area (Å²) in [4.78, 5) is 0. The Labute approximate surface area is 188 Å². The minimum atomic E-state index is -0.0701. The Morgan fingerprint density at radius 3 is 1.42 bits per heavy atom. The fourth-order valence-corrected chi connectivity index (χ4v) is 4.55. The molecule has 2 aliphatic carbocycles. The van der Waals surface area contributed by atoms with Crippen LogP contribution in [0.5, 0.6) is 11.5 Å². The Bertz CT molecular complexity index is 800. The molecular formula is C29H36O2. The zero-order chi connectivity index (χ0) is 21.5. The van der Waals surface area contributed by atoms with E-state index in [1.165, 1.54) is 36.8 Å². The molecule has 0 aromatic heterocycles. The van der Waals surface area contributed by atoms with Gasteiger partial charge in [0.15, 0.2) is 0 Å². The van der Waals surface area contributed by atoms with Crippen LogP contribution in [-0.2, 0) is 5.41 Å². The summed E-state index contributed by atoms with van der Waals surface area (Å²) in [5.74, 6) is 3.23. The molecule has 0 aliphatic heterocycles. The summed E-state index contributed by atoms with van der Waals surface area (Å²) in [6.45, 7) is 6.18. The van der Waals surface area contributed by atoms with Gasteiger partial charge in [-0.1, -0.05) is 62.4 Å². The van der Waals surface area contributed by atoms with Crippen LogP contribution in [0.3, 0.4) is 0 Å². The molecular weight excluding hydrogens is 380 g/mol. The zero-order valence-corrected chi connectivity index (χ0v) is 19.1. The third-order valence-electron chi connectivity index (χ3n) is 6.88. The molecule has 2 aromatic carbocycles. The Morgan fingerprint density at radius 1 is 0.645 bits per heavy atom. The predicted molar refractivity (Wildman–Crippen MR) is 129 cm³/mol. The second kappa shape index (κ2) is 10.2. The molecule has 0 radical (unpaired) electrons. The van der Waals surface area contributed by atoms with E-state index in [4.69, 9.17) is 9.47 Å². The molecule has 2 aromatic rings. The van der Waals surface area contributed by atoms with Gasteiger partial charge in [-0.3, -0.25) is 0 Å². The van der Waals surface area contributed by atoms with Gasteiger partial charge < -0.3 is 9.47 Å². The van der Waals surface area contributed by atoms with E-state index >= 15 is 0 Å². The van der Waals surface area contributed by atoms with E-state index in [-0.39, 0.29) is 5.41 Å². The van der Waals surface area contributed by atoms with Gasteiger partial charge in [0.25, 0.3) is 0 Å². The molecule has 0 amide bonds. The number of hydrogen-bond acceptors (Lipinski definition) is 2. The lowest BCUT2D eigenvalue weighted by Gasteiger charge is -2.27. The highest BCUT2D eigenvalue weighted by Gasteiger charge is 2.23. The Hall–Kier alpha value is -2.48. The molecule has 0 saturated carbocycles. The van der Waals surface area contributed by atoms with E-state index in [2.05, 4.69) is 86.7 Å². The van der Waals surface area contributed by atoms with Gasteiger partial charge >= 0.3 is 0 Å². The first-order valence-electron chi connectivity index (χ1n) is 11.9. The molecule has 31 heavy (non-hydrogen) atoms. The lowest BCUT2D eigenvalue weighted by atomic mass is 9.78. The summed E-state index contributed by atoms with van der Waals surface area (Å²) in [6.07, 6.45) is 16.2. The fraction of sp³-hybridized carbons (Fsp3) is 0.448. The standard InChI is InChI=1S/C29H36O2/c1-29(2,25-13-17-27(18-14-25)30-21-23-9-5-3-6-10-23)26-15-19-28(20-16-26)31-22-24-11-7-4-8-12-24/h3-5,7,13-20,23-24H,6,8-12,21-22H2,1-2H3. The molecule has 2 atom stereocenters. The van der Waals surface area contributed by atoms with Crippen molar-refractivity contribution in [3.05, 3.63) is 84.0 Å². The summed E-state index contributed by atoms with van der Waals surface area (Å²) < 4.78 is 12.1. The molecule has 0 spiro atoms. The normalized spacial score (nSPS) is 21.1. The van der Waals surface area contributed by atoms with Crippen LogP contribution in [0, 0.1) is 11.8 Å². The molecule has 0 bridgehead atoms. The van der Waals surface area contributed by atoms with Crippen LogP contribution in [-0.4, -0.2) is 13.2 Å². The first-order chi connectivity index (χ1) is 15.1. The quantitative estimate of drug-likeness (QED) is 0.415. The molecule has 4 rings (SSSR count). The number of benzene rings is 2. The summed E-state index contributed by atoms with van der Waals surface area (Å²) >= 11 is 0. The van der Waals surface area contributed by atoms with Crippen LogP contribution < -0.4 is 9.47 Å². The third-order valence-corrected chi connectivity index (χ3v) is 6.88. The van der Waals surface area contributed by atoms with Gasteiger partial charge in [0.05, 0.1) is 13.2 Å². The Balaban J connectivity index is 1.33. The number of ether oxygens (including phenoxy) is 2. The van der Waals surface area contributed by atoms with E-state index in [1.807, 2.05) is 0 Å². The molecule has 2 aliphatic rings. The summed E-state index contributed by atoms with van der Waals surface area (Å²) in [5.41, 5.74) is 2.52. The maximum atomic E-state index is 6.06. The number of rotatable bonds is 8. The van der Waals surface area contributed by atoms with Gasteiger partial charge in [0.1, 0.15) is 11.5 Å². The fourth-order valence-electron chi connectivity index (χ4n) is 4.55. The topological polar surface area (TPSA) is 18.5 Å². The first kappa shape index (κ1) is 21.7. The lowest BCUT2D eigenvalue weighted by Crippen LogP contribution is -2.19. The number of hydrogen-bond donors (Lipinski definition) is 0. The van der Waals surface area contributed by atoms with E-state index in [9.17, 15) is 0 Å². The van der Waals surface area contributed by atoms with Crippen molar-refractivity contribution in [3.63, 3.8) is 0 Å². The Morgan fingerprint density at radius 2 is 1.06 bits per heavy atom. The molecule has 0 fully saturated rings. The van der Waals surface area contributed by atoms with Crippen molar-refractivity contribution in [2.45, 2.75) is 57.8 Å². The highest BCUT2D eigenvalue weighted by Crippen LogP contribution is 2.33. The zero-order valence-electron chi connectivity index (χ0n) is 19.1. The lowest BCUT2D eigenvalue weighted by molar-refractivity contribution is 0.239. The smallest absolute Gasteiger partial charge is 0.119 e. The van der Waals surface area contributed by atoms with Crippen LogP contribution in [0.15, 0.2) is 72.8 Å². The molecule has 164 valence electrons. The summed E-state index contributed by atoms with van der Waals surface area (Å²) in [7, 11) is 0. The average molecular weight is 417 g/mol. The second-order valence-corrected chi connectivity index (χ2v) is 9.60. The molecule has 0 N–H and O–H groups in total. The van der Waals surface area contributed by atoms with Crippen LogP contribution in [0.4, 0.5) is 0 Å². The minimum Gasteiger partial charge on any atom is -0.493 e. The van der Waals surface area contributed by atoms with Crippen molar-refractivity contribution in [2.24, 2.45) is 11.8 Å². The predicted octanol–water partition coefficient (Wildman–Crippen LogP) is 7.48. The number of allylic oxidation sites excluding steroid dienone is 4. The van der Waals surface area contributed by atoms with E-state index < -0.39 is 0 Å². The van der Waals surface area contributed by atoms with E-state index in [0.717, 1.165) is 37.6 Å². The van der Waals surface area contributed by atoms with Gasteiger partial charge in [0, 0.05) is 5.41 Å². The van der Waals surface area contributed by atoms with Crippen LogP contribution in [0.25, 0.3) is 0 Å². The van der Waals surface area contributed by atoms with E-state index in [0.29, 0.717) is 11.8 Å². The second-order valence-electron chi connectivity index (χ2n) is 9.60. The summed E-state index contributed by atoms with van der Waals surface area (Å²) in [6, 6.07) is 17.3.